The van der Waals surface area contributed by atoms with Crippen molar-refractivity contribution in [3.8, 4) is 0 Å². The van der Waals surface area contributed by atoms with Gasteiger partial charge in [0.15, 0.2) is 0 Å². The number of piperidine rings is 1. The molecule has 0 bridgehead atoms. The average molecular weight is 526 g/mol. The van der Waals surface area contributed by atoms with E-state index >= 15 is 0 Å². The Labute approximate surface area is 224 Å². The number of amides is 1. The summed E-state index contributed by atoms with van der Waals surface area (Å²) in [6.07, 6.45) is 3.02. The summed E-state index contributed by atoms with van der Waals surface area (Å²) in [5.74, 6) is -0.214. The van der Waals surface area contributed by atoms with Gasteiger partial charge in [-0.25, -0.2) is 0 Å². The SMILES string of the molecule is CN(Cc1ccccc1)C(=O)C(CCCN1CCC(O)(c2ccccc2)CC1)c1ccc(Cl)c(Cl)c1. The first-order valence-electron chi connectivity index (χ1n) is 12.6. The van der Waals surface area contributed by atoms with Crippen molar-refractivity contribution in [1.29, 1.82) is 0 Å². The van der Waals surface area contributed by atoms with Crippen LogP contribution in [0.25, 0.3) is 0 Å². The Morgan fingerprint density at radius 3 is 2.25 bits per heavy atom. The van der Waals surface area contributed by atoms with E-state index < -0.39 is 5.60 Å². The van der Waals surface area contributed by atoms with Crippen LogP contribution in [0.1, 0.15) is 48.3 Å². The molecule has 0 spiro atoms. The molecule has 4 nitrogen and oxygen atoms in total. The van der Waals surface area contributed by atoms with E-state index in [1.165, 1.54) is 0 Å². The van der Waals surface area contributed by atoms with Gasteiger partial charge >= 0.3 is 0 Å². The normalized spacial score (nSPS) is 16.4. The minimum absolute atomic E-state index is 0.0781. The summed E-state index contributed by atoms with van der Waals surface area (Å²) in [6.45, 7) is 3.12. The highest BCUT2D eigenvalue weighted by Gasteiger charge is 2.34. The lowest BCUT2D eigenvalue weighted by atomic mass is 9.84. The van der Waals surface area contributed by atoms with Crippen molar-refractivity contribution in [2.45, 2.75) is 43.7 Å². The predicted molar refractivity (Wildman–Crippen MR) is 147 cm³/mol. The van der Waals surface area contributed by atoms with E-state index in [1.807, 2.05) is 79.8 Å². The van der Waals surface area contributed by atoms with Crippen LogP contribution in [0, 0.1) is 0 Å². The summed E-state index contributed by atoms with van der Waals surface area (Å²) in [5.41, 5.74) is 2.24. The van der Waals surface area contributed by atoms with Crippen LogP contribution in [0.3, 0.4) is 0 Å². The fraction of sp³-hybridized carbons (Fsp3) is 0.367. The summed E-state index contributed by atoms with van der Waals surface area (Å²) < 4.78 is 0. The second kappa shape index (κ2) is 12.2. The predicted octanol–water partition coefficient (Wildman–Crippen LogP) is 6.50. The van der Waals surface area contributed by atoms with Gasteiger partial charge in [-0.3, -0.25) is 4.79 Å². The second-order valence-electron chi connectivity index (χ2n) is 9.79. The molecule has 1 unspecified atom stereocenters. The van der Waals surface area contributed by atoms with E-state index in [-0.39, 0.29) is 11.8 Å². The zero-order valence-corrected chi connectivity index (χ0v) is 22.3. The molecule has 1 amide bonds. The smallest absolute Gasteiger partial charge is 0.230 e. The van der Waals surface area contributed by atoms with Crippen LogP contribution in [-0.4, -0.2) is 47.5 Å². The Morgan fingerprint density at radius 1 is 0.972 bits per heavy atom. The van der Waals surface area contributed by atoms with Crippen molar-refractivity contribution in [2.75, 3.05) is 26.7 Å². The maximum atomic E-state index is 13.6. The number of aliphatic hydroxyl groups is 1. The van der Waals surface area contributed by atoms with Crippen molar-refractivity contribution in [1.82, 2.24) is 9.80 Å². The minimum atomic E-state index is -0.754. The Hall–Kier alpha value is -2.37. The minimum Gasteiger partial charge on any atom is -0.385 e. The highest BCUT2D eigenvalue weighted by atomic mass is 35.5. The molecule has 4 rings (SSSR count). The fourth-order valence-electron chi connectivity index (χ4n) is 5.07. The number of hydrogen-bond donors (Lipinski definition) is 1. The van der Waals surface area contributed by atoms with Gasteiger partial charge in [0, 0.05) is 26.7 Å². The number of likely N-dealkylation sites (N-methyl/N-ethyl adjacent to an activating group) is 1. The number of likely N-dealkylation sites (tertiary alicyclic amines) is 1. The van der Waals surface area contributed by atoms with Gasteiger partial charge < -0.3 is 14.9 Å². The molecule has 1 atom stereocenters. The van der Waals surface area contributed by atoms with Crippen molar-refractivity contribution in [3.63, 3.8) is 0 Å². The van der Waals surface area contributed by atoms with Gasteiger partial charge in [-0.05, 0) is 61.1 Å². The molecule has 1 N–H and O–H groups in total. The molecule has 1 heterocycles. The van der Waals surface area contributed by atoms with E-state index in [9.17, 15) is 9.90 Å². The number of benzene rings is 3. The van der Waals surface area contributed by atoms with Gasteiger partial charge in [0.1, 0.15) is 0 Å². The molecule has 36 heavy (non-hydrogen) atoms. The number of rotatable bonds is 9. The van der Waals surface area contributed by atoms with Crippen LogP contribution in [0.5, 0.6) is 0 Å². The number of halogens is 2. The van der Waals surface area contributed by atoms with E-state index in [4.69, 9.17) is 23.2 Å². The summed E-state index contributed by atoms with van der Waals surface area (Å²) in [7, 11) is 1.86. The van der Waals surface area contributed by atoms with E-state index in [0.717, 1.165) is 49.2 Å². The van der Waals surface area contributed by atoms with Crippen LogP contribution >= 0.6 is 23.2 Å². The number of hydrogen-bond acceptors (Lipinski definition) is 3. The van der Waals surface area contributed by atoms with Gasteiger partial charge in [-0.15, -0.1) is 0 Å². The molecule has 1 aliphatic rings. The molecule has 1 saturated heterocycles. The Morgan fingerprint density at radius 2 is 1.61 bits per heavy atom. The summed E-state index contributed by atoms with van der Waals surface area (Å²) >= 11 is 12.5. The standard InChI is InChI=1S/C30H34Cl2N2O2/c1-33(22-23-9-4-2-5-10-23)29(35)26(24-14-15-27(31)28(32)21-24)13-8-18-34-19-16-30(36,17-20-34)25-11-6-3-7-12-25/h2-7,9-12,14-15,21,26,36H,8,13,16-20,22H2,1H3. The maximum Gasteiger partial charge on any atom is 0.230 e. The Bertz CT molecular complexity index is 1130. The molecular weight excluding hydrogens is 491 g/mol. The molecule has 6 heteroatoms. The van der Waals surface area contributed by atoms with Crippen LogP contribution in [-0.2, 0) is 16.9 Å². The molecule has 3 aromatic carbocycles. The first-order chi connectivity index (χ1) is 17.4. The first kappa shape index (κ1) is 26.7. The molecule has 0 radical (unpaired) electrons. The molecule has 0 aliphatic carbocycles. The summed E-state index contributed by atoms with van der Waals surface area (Å²) in [5, 5.41) is 12.1. The fourth-order valence-corrected chi connectivity index (χ4v) is 5.37. The van der Waals surface area contributed by atoms with Crippen LogP contribution < -0.4 is 0 Å². The quantitative estimate of drug-likeness (QED) is 0.347. The zero-order valence-electron chi connectivity index (χ0n) is 20.7. The first-order valence-corrected chi connectivity index (χ1v) is 13.4. The number of carbonyl (C=O) groups is 1. The van der Waals surface area contributed by atoms with Gasteiger partial charge in [0.25, 0.3) is 0 Å². The highest BCUT2D eigenvalue weighted by Crippen LogP contribution is 2.34. The lowest BCUT2D eigenvalue weighted by Gasteiger charge is -2.38. The van der Waals surface area contributed by atoms with Gasteiger partial charge in [-0.2, -0.15) is 0 Å². The second-order valence-corrected chi connectivity index (χ2v) is 10.6. The topological polar surface area (TPSA) is 43.8 Å². The lowest BCUT2D eigenvalue weighted by Crippen LogP contribution is -2.43. The lowest BCUT2D eigenvalue weighted by molar-refractivity contribution is -0.132. The summed E-state index contributed by atoms with van der Waals surface area (Å²) in [4.78, 5) is 17.8. The van der Waals surface area contributed by atoms with Crippen LogP contribution in [0.15, 0.2) is 78.9 Å². The van der Waals surface area contributed by atoms with Crippen molar-refractivity contribution in [3.05, 3.63) is 106 Å². The molecule has 0 aromatic heterocycles. The Kier molecular flexibility index (Phi) is 9.08. The third kappa shape index (κ3) is 6.68. The average Bonchev–Trinajstić information content (AvgIpc) is 2.90. The Balaban J connectivity index is 1.38. The van der Waals surface area contributed by atoms with Gasteiger partial charge in [0.2, 0.25) is 5.91 Å². The van der Waals surface area contributed by atoms with E-state index in [1.54, 1.807) is 11.0 Å². The third-order valence-corrected chi connectivity index (χ3v) is 7.98. The van der Waals surface area contributed by atoms with Crippen molar-refractivity contribution < 1.29 is 9.90 Å². The van der Waals surface area contributed by atoms with Crippen molar-refractivity contribution in [2.24, 2.45) is 0 Å². The molecule has 190 valence electrons. The molecule has 3 aromatic rings. The van der Waals surface area contributed by atoms with Crippen LogP contribution in [0.4, 0.5) is 0 Å². The van der Waals surface area contributed by atoms with Crippen molar-refractivity contribution >= 4 is 29.1 Å². The molecule has 1 fully saturated rings. The summed E-state index contributed by atoms with van der Waals surface area (Å²) in [6, 6.07) is 25.5. The van der Waals surface area contributed by atoms with Gasteiger partial charge in [0.05, 0.1) is 21.6 Å². The monoisotopic (exact) mass is 524 g/mol. The molecular formula is C30H34Cl2N2O2. The number of carbonyl (C=O) groups excluding carboxylic acids is 1. The largest absolute Gasteiger partial charge is 0.385 e. The zero-order chi connectivity index (χ0) is 25.5. The van der Waals surface area contributed by atoms with E-state index in [2.05, 4.69) is 4.90 Å². The third-order valence-electron chi connectivity index (χ3n) is 7.24. The van der Waals surface area contributed by atoms with E-state index in [0.29, 0.717) is 29.4 Å². The maximum absolute atomic E-state index is 13.6. The molecule has 1 aliphatic heterocycles. The number of nitrogens with zero attached hydrogens (tertiary/aromatic N) is 2. The molecule has 0 saturated carbocycles. The van der Waals surface area contributed by atoms with Gasteiger partial charge in [-0.1, -0.05) is 89.9 Å². The van der Waals surface area contributed by atoms with Crippen LogP contribution in [0.2, 0.25) is 10.0 Å². The highest BCUT2D eigenvalue weighted by molar-refractivity contribution is 6.42.